The summed E-state index contributed by atoms with van der Waals surface area (Å²) in [5, 5.41) is 9.08. The molecule has 19 heavy (non-hydrogen) atoms. The third kappa shape index (κ3) is 4.15. The van der Waals surface area contributed by atoms with Gasteiger partial charge in [0.25, 0.3) is 0 Å². The molecule has 1 rings (SSSR count). The van der Waals surface area contributed by atoms with Gasteiger partial charge in [-0.05, 0) is 11.8 Å². The molecule has 0 radical (unpaired) electrons. The maximum Gasteiger partial charge on any atom is 0.240 e. The second-order valence-corrected chi connectivity index (χ2v) is 8.38. The lowest BCUT2D eigenvalue weighted by atomic mass is 9.86. The number of carbonyl (C=O) groups excluding carboxylic acids is 1. The Morgan fingerprint density at radius 2 is 2.05 bits per heavy atom. The lowest BCUT2D eigenvalue weighted by Gasteiger charge is -2.34. The molecule has 1 amide bonds. The molecule has 3 N–H and O–H groups in total. The van der Waals surface area contributed by atoms with Crippen molar-refractivity contribution in [3.63, 3.8) is 0 Å². The van der Waals surface area contributed by atoms with E-state index in [4.69, 9.17) is 10.8 Å². The van der Waals surface area contributed by atoms with E-state index >= 15 is 0 Å². The second kappa shape index (κ2) is 5.76. The lowest BCUT2D eigenvalue weighted by molar-refractivity contribution is -0.137. The van der Waals surface area contributed by atoms with Crippen LogP contribution < -0.4 is 5.73 Å². The van der Waals surface area contributed by atoms with Crippen LogP contribution in [0.3, 0.4) is 0 Å². The fourth-order valence-corrected chi connectivity index (χ4v) is 3.88. The van der Waals surface area contributed by atoms with E-state index in [0.29, 0.717) is 6.42 Å². The summed E-state index contributed by atoms with van der Waals surface area (Å²) < 4.78 is 23.0. The molecule has 1 aliphatic rings. The monoisotopic (exact) mass is 292 g/mol. The predicted octanol–water partition coefficient (Wildman–Crippen LogP) is -0.632. The van der Waals surface area contributed by atoms with Gasteiger partial charge in [0, 0.05) is 12.6 Å². The number of nitrogens with zero attached hydrogens (tertiary/aromatic N) is 1. The van der Waals surface area contributed by atoms with Gasteiger partial charge in [0.15, 0.2) is 9.84 Å². The minimum absolute atomic E-state index is 0.0321. The first-order valence-electron chi connectivity index (χ1n) is 6.46. The van der Waals surface area contributed by atoms with Crippen molar-refractivity contribution in [1.82, 2.24) is 4.90 Å². The summed E-state index contributed by atoms with van der Waals surface area (Å²) in [5.74, 6) is -0.226. The number of aliphatic hydroxyl groups is 1. The highest BCUT2D eigenvalue weighted by molar-refractivity contribution is 7.91. The van der Waals surface area contributed by atoms with Crippen LogP contribution in [-0.2, 0) is 14.6 Å². The van der Waals surface area contributed by atoms with E-state index in [-0.39, 0.29) is 36.6 Å². The molecule has 0 aromatic rings. The van der Waals surface area contributed by atoms with Crippen LogP contribution in [0.1, 0.15) is 27.2 Å². The van der Waals surface area contributed by atoms with Crippen LogP contribution in [0.4, 0.5) is 0 Å². The molecular weight excluding hydrogens is 268 g/mol. The Hall–Kier alpha value is -0.660. The lowest BCUT2D eigenvalue weighted by Crippen LogP contribution is -2.54. The maximum absolute atomic E-state index is 12.4. The van der Waals surface area contributed by atoms with E-state index in [9.17, 15) is 13.2 Å². The fourth-order valence-electron chi connectivity index (χ4n) is 2.15. The number of carbonyl (C=O) groups is 1. The summed E-state index contributed by atoms with van der Waals surface area (Å²) in [6.45, 7) is 5.51. The highest BCUT2D eigenvalue weighted by Gasteiger charge is 2.38. The first-order valence-corrected chi connectivity index (χ1v) is 8.28. The fraction of sp³-hybridized carbons (Fsp3) is 0.917. The van der Waals surface area contributed by atoms with Crippen molar-refractivity contribution in [3.8, 4) is 0 Å². The largest absolute Gasteiger partial charge is 0.395 e. The molecule has 1 aliphatic heterocycles. The Morgan fingerprint density at radius 1 is 1.47 bits per heavy atom. The van der Waals surface area contributed by atoms with E-state index in [1.54, 1.807) is 0 Å². The van der Waals surface area contributed by atoms with E-state index in [0.717, 1.165) is 0 Å². The molecule has 6 nitrogen and oxygen atoms in total. The first-order chi connectivity index (χ1) is 8.58. The van der Waals surface area contributed by atoms with Crippen LogP contribution in [0.25, 0.3) is 0 Å². The SMILES string of the molecule is CC(C)(C)C(N)C(=O)N(CCO)C1CCS(=O)(=O)C1. The predicted molar refractivity (Wildman–Crippen MR) is 73.3 cm³/mol. The van der Waals surface area contributed by atoms with Gasteiger partial charge in [0.2, 0.25) is 5.91 Å². The van der Waals surface area contributed by atoms with Crippen molar-refractivity contribution in [2.45, 2.75) is 39.3 Å². The standard InChI is InChI=1S/C12H24N2O4S/c1-12(2,3)10(13)11(16)14(5-6-15)9-4-7-19(17,18)8-9/h9-10,15H,4-8,13H2,1-3H3. The number of aliphatic hydroxyl groups excluding tert-OH is 1. The molecule has 112 valence electrons. The van der Waals surface area contributed by atoms with Crippen LogP contribution >= 0.6 is 0 Å². The van der Waals surface area contributed by atoms with Crippen molar-refractivity contribution in [1.29, 1.82) is 0 Å². The van der Waals surface area contributed by atoms with Gasteiger partial charge in [-0.2, -0.15) is 0 Å². The summed E-state index contributed by atoms with van der Waals surface area (Å²) in [6.07, 6.45) is 0.422. The van der Waals surface area contributed by atoms with Gasteiger partial charge in [-0.1, -0.05) is 20.8 Å². The second-order valence-electron chi connectivity index (χ2n) is 6.16. The molecule has 0 aliphatic carbocycles. The van der Waals surface area contributed by atoms with E-state index in [2.05, 4.69) is 0 Å². The molecule has 0 saturated carbocycles. The van der Waals surface area contributed by atoms with Crippen LogP contribution in [0.5, 0.6) is 0 Å². The van der Waals surface area contributed by atoms with Crippen molar-refractivity contribution < 1.29 is 18.3 Å². The number of hydrogen-bond donors (Lipinski definition) is 2. The number of amides is 1. The quantitative estimate of drug-likeness (QED) is 0.718. The minimum atomic E-state index is -3.07. The third-order valence-electron chi connectivity index (χ3n) is 3.47. The Labute approximate surface area is 114 Å². The molecule has 0 aromatic heterocycles. The molecule has 2 atom stereocenters. The molecule has 1 heterocycles. The molecule has 0 spiro atoms. The summed E-state index contributed by atoms with van der Waals surface area (Å²) in [5.41, 5.74) is 5.54. The molecule has 7 heteroatoms. The normalized spacial score (nSPS) is 24.2. The first kappa shape index (κ1) is 16.4. The Morgan fingerprint density at radius 3 is 2.42 bits per heavy atom. The van der Waals surface area contributed by atoms with Gasteiger partial charge >= 0.3 is 0 Å². The van der Waals surface area contributed by atoms with E-state index < -0.39 is 21.3 Å². The Bertz CT molecular complexity index is 428. The summed E-state index contributed by atoms with van der Waals surface area (Å²) in [6, 6.07) is -1.07. The third-order valence-corrected chi connectivity index (χ3v) is 5.22. The average molecular weight is 292 g/mol. The summed E-state index contributed by atoms with van der Waals surface area (Å²) >= 11 is 0. The summed E-state index contributed by atoms with van der Waals surface area (Å²) in [7, 11) is -3.07. The summed E-state index contributed by atoms with van der Waals surface area (Å²) in [4.78, 5) is 13.8. The van der Waals surface area contributed by atoms with Crippen LogP contribution in [0, 0.1) is 5.41 Å². The van der Waals surface area contributed by atoms with Crippen molar-refractivity contribution >= 4 is 15.7 Å². The van der Waals surface area contributed by atoms with Crippen molar-refractivity contribution in [2.24, 2.45) is 11.1 Å². The van der Waals surface area contributed by atoms with Crippen LogP contribution in [0.2, 0.25) is 0 Å². The number of hydrogen-bond acceptors (Lipinski definition) is 5. The van der Waals surface area contributed by atoms with Crippen molar-refractivity contribution in [3.05, 3.63) is 0 Å². The van der Waals surface area contributed by atoms with E-state index in [1.165, 1.54) is 4.90 Å². The zero-order chi connectivity index (χ0) is 14.8. The van der Waals surface area contributed by atoms with Gasteiger partial charge in [-0.3, -0.25) is 4.79 Å². The van der Waals surface area contributed by atoms with Gasteiger partial charge in [-0.15, -0.1) is 0 Å². The van der Waals surface area contributed by atoms with Gasteiger partial charge < -0.3 is 15.7 Å². The smallest absolute Gasteiger partial charge is 0.240 e. The number of sulfone groups is 1. The van der Waals surface area contributed by atoms with Crippen LogP contribution in [-0.4, -0.2) is 61.1 Å². The maximum atomic E-state index is 12.4. The van der Waals surface area contributed by atoms with Gasteiger partial charge in [-0.25, -0.2) is 8.42 Å². The highest BCUT2D eigenvalue weighted by Crippen LogP contribution is 2.23. The molecule has 2 unspecified atom stereocenters. The van der Waals surface area contributed by atoms with E-state index in [1.807, 2.05) is 20.8 Å². The minimum Gasteiger partial charge on any atom is -0.395 e. The average Bonchev–Trinajstić information content (AvgIpc) is 2.63. The molecule has 0 bridgehead atoms. The topological polar surface area (TPSA) is 101 Å². The zero-order valence-electron chi connectivity index (χ0n) is 11.8. The Kier molecular flexibility index (Phi) is 4.97. The van der Waals surface area contributed by atoms with Gasteiger partial charge in [0.1, 0.15) is 0 Å². The number of nitrogens with two attached hydrogens (primary N) is 1. The zero-order valence-corrected chi connectivity index (χ0v) is 12.6. The van der Waals surface area contributed by atoms with Crippen LogP contribution in [0.15, 0.2) is 0 Å². The molecule has 1 saturated heterocycles. The molecular formula is C12H24N2O4S. The molecule has 1 fully saturated rings. The molecule has 0 aromatic carbocycles. The van der Waals surface area contributed by atoms with Crippen molar-refractivity contribution in [2.75, 3.05) is 24.7 Å². The van der Waals surface area contributed by atoms with Gasteiger partial charge in [0.05, 0.1) is 24.2 Å². The number of rotatable bonds is 4. The highest BCUT2D eigenvalue weighted by atomic mass is 32.2. The Balaban J connectivity index is 2.87.